The van der Waals surface area contributed by atoms with Crippen LogP contribution in [-0.4, -0.2) is 17.6 Å². The molecule has 0 spiro atoms. The fourth-order valence-corrected chi connectivity index (χ4v) is 2.94. The van der Waals surface area contributed by atoms with Crippen LogP contribution in [0, 0.1) is 0 Å². The number of hydrogen-bond donors (Lipinski definition) is 2. The van der Waals surface area contributed by atoms with Crippen molar-refractivity contribution in [2.24, 2.45) is 0 Å². The summed E-state index contributed by atoms with van der Waals surface area (Å²) in [4.78, 5) is 4.02. The van der Waals surface area contributed by atoms with Gasteiger partial charge in [-0.1, -0.05) is 36.2 Å². The number of nitrogens with one attached hydrogen (secondary N) is 1. The van der Waals surface area contributed by atoms with E-state index in [9.17, 15) is 0 Å². The average Bonchev–Trinajstić information content (AvgIpc) is 2.43. The smallest absolute Gasteiger partial charge is 0.123 e. The normalized spacial score (nSPS) is 12.3. The predicted octanol–water partition coefficient (Wildman–Crippen LogP) is 3.73. The number of aromatic nitrogens is 1. The number of pyridine rings is 1. The zero-order valence-electron chi connectivity index (χ0n) is 11.9. The molecule has 2 aromatic rings. The van der Waals surface area contributed by atoms with E-state index >= 15 is 0 Å². The minimum absolute atomic E-state index is 0.245. The van der Waals surface area contributed by atoms with Gasteiger partial charge in [-0.3, -0.25) is 0 Å². The number of halogens is 2. The molecule has 0 saturated heterocycles. The standard InChI is InChI=1S/C16H19Cl2N3/c1-2-20-12(8-11-6-7-21-16(19)9-11)10-13-14(17)4-3-5-15(13)18/h3-7,9,12,20H,2,8,10H2,1H3,(H2,19,21). The number of likely N-dealkylation sites (N-methyl/N-ethyl adjacent to an activating group) is 1. The third kappa shape index (κ3) is 4.60. The second-order valence-corrected chi connectivity index (χ2v) is 5.77. The second-order valence-electron chi connectivity index (χ2n) is 4.95. The third-order valence-electron chi connectivity index (χ3n) is 3.33. The number of hydrogen-bond acceptors (Lipinski definition) is 3. The molecular formula is C16H19Cl2N3. The summed E-state index contributed by atoms with van der Waals surface area (Å²) >= 11 is 12.5. The van der Waals surface area contributed by atoms with Crippen LogP contribution in [0.25, 0.3) is 0 Å². The lowest BCUT2D eigenvalue weighted by Crippen LogP contribution is -2.33. The minimum atomic E-state index is 0.245. The monoisotopic (exact) mass is 323 g/mol. The molecule has 0 amide bonds. The molecule has 0 aliphatic rings. The molecule has 1 aromatic heterocycles. The average molecular weight is 324 g/mol. The Kier molecular flexibility index (Phi) is 5.85. The van der Waals surface area contributed by atoms with Gasteiger partial charge in [-0.2, -0.15) is 0 Å². The number of benzene rings is 1. The van der Waals surface area contributed by atoms with Gasteiger partial charge in [0.05, 0.1) is 0 Å². The van der Waals surface area contributed by atoms with Crippen LogP contribution in [-0.2, 0) is 12.8 Å². The molecule has 3 N–H and O–H groups in total. The van der Waals surface area contributed by atoms with Crippen molar-refractivity contribution in [1.29, 1.82) is 0 Å². The largest absolute Gasteiger partial charge is 0.384 e. The second kappa shape index (κ2) is 7.64. The number of rotatable bonds is 6. The van der Waals surface area contributed by atoms with E-state index in [0.717, 1.165) is 30.5 Å². The van der Waals surface area contributed by atoms with Gasteiger partial charge in [-0.05, 0) is 54.8 Å². The fraction of sp³-hybridized carbons (Fsp3) is 0.312. The van der Waals surface area contributed by atoms with Crippen LogP contribution in [0.1, 0.15) is 18.1 Å². The van der Waals surface area contributed by atoms with Crippen molar-refractivity contribution in [3.8, 4) is 0 Å². The highest BCUT2D eigenvalue weighted by molar-refractivity contribution is 6.36. The molecule has 2 rings (SSSR count). The Morgan fingerprint density at radius 3 is 2.52 bits per heavy atom. The zero-order chi connectivity index (χ0) is 15.2. The molecule has 0 radical (unpaired) electrons. The van der Waals surface area contributed by atoms with Crippen molar-refractivity contribution in [3.63, 3.8) is 0 Å². The van der Waals surface area contributed by atoms with Crippen LogP contribution in [0.2, 0.25) is 10.0 Å². The van der Waals surface area contributed by atoms with Crippen molar-refractivity contribution in [1.82, 2.24) is 10.3 Å². The van der Waals surface area contributed by atoms with Gasteiger partial charge in [0.1, 0.15) is 5.82 Å². The first-order chi connectivity index (χ1) is 10.1. The van der Waals surface area contributed by atoms with Gasteiger partial charge >= 0.3 is 0 Å². The summed E-state index contributed by atoms with van der Waals surface area (Å²) < 4.78 is 0. The first-order valence-electron chi connectivity index (χ1n) is 6.96. The van der Waals surface area contributed by atoms with Gasteiger partial charge < -0.3 is 11.1 Å². The molecule has 5 heteroatoms. The molecule has 1 unspecified atom stereocenters. The molecule has 1 heterocycles. The van der Waals surface area contributed by atoms with E-state index in [-0.39, 0.29) is 6.04 Å². The molecule has 3 nitrogen and oxygen atoms in total. The molecule has 112 valence electrons. The van der Waals surface area contributed by atoms with Crippen molar-refractivity contribution >= 4 is 29.0 Å². The quantitative estimate of drug-likeness (QED) is 0.851. The Morgan fingerprint density at radius 2 is 1.90 bits per heavy atom. The zero-order valence-corrected chi connectivity index (χ0v) is 13.5. The summed E-state index contributed by atoms with van der Waals surface area (Å²) in [5, 5.41) is 4.89. The van der Waals surface area contributed by atoms with E-state index in [1.54, 1.807) is 6.20 Å². The SMILES string of the molecule is CCNC(Cc1ccnc(N)c1)Cc1c(Cl)cccc1Cl. The molecule has 0 aliphatic carbocycles. The van der Waals surface area contributed by atoms with Gasteiger partial charge in [0.25, 0.3) is 0 Å². The first-order valence-corrected chi connectivity index (χ1v) is 7.72. The summed E-state index contributed by atoms with van der Waals surface area (Å²) in [6.45, 7) is 2.97. The summed E-state index contributed by atoms with van der Waals surface area (Å²) in [6, 6.07) is 9.73. The molecule has 0 aliphatic heterocycles. The van der Waals surface area contributed by atoms with Gasteiger partial charge in [-0.15, -0.1) is 0 Å². The Labute approximate surface area is 135 Å². The van der Waals surface area contributed by atoms with E-state index in [2.05, 4.69) is 17.2 Å². The fourth-order valence-electron chi connectivity index (χ4n) is 2.38. The van der Waals surface area contributed by atoms with Crippen molar-refractivity contribution in [2.45, 2.75) is 25.8 Å². The topological polar surface area (TPSA) is 50.9 Å². The summed E-state index contributed by atoms with van der Waals surface area (Å²) in [6.07, 6.45) is 3.35. The van der Waals surface area contributed by atoms with Crippen LogP contribution >= 0.6 is 23.2 Å². The van der Waals surface area contributed by atoms with E-state index < -0.39 is 0 Å². The van der Waals surface area contributed by atoms with E-state index in [1.807, 2.05) is 30.3 Å². The number of anilines is 1. The lowest BCUT2D eigenvalue weighted by Gasteiger charge is -2.19. The lowest BCUT2D eigenvalue weighted by atomic mass is 9.99. The Hall–Kier alpha value is -1.29. The van der Waals surface area contributed by atoms with Gasteiger partial charge in [0.2, 0.25) is 0 Å². The number of nitrogen functional groups attached to an aromatic ring is 1. The highest BCUT2D eigenvalue weighted by Crippen LogP contribution is 2.26. The molecule has 0 saturated carbocycles. The van der Waals surface area contributed by atoms with Crippen LogP contribution in [0.3, 0.4) is 0 Å². The van der Waals surface area contributed by atoms with Crippen molar-refractivity contribution in [3.05, 3.63) is 57.7 Å². The summed E-state index contributed by atoms with van der Waals surface area (Å²) in [5.74, 6) is 0.540. The highest BCUT2D eigenvalue weighted by atomic mass is 35.5. The van der Waals surface area contributed by atoms with Gasteiger partial charge in [0, 0.05) is 22.3 Å². The first kappa shape index (κ1) is 16.1. The molecule has 21 heavy (non-hydrogen) atoms. The Bertz CT molecular complexity index is 582. The maximum Gasteiger partial charge on any atom is 0.123 e. The van der Waals surface area contributed by atoms with Gasteiger partial charge in [0.15, 0.2) is 0 Å². The van der Waals surface area contributed by atoms with Crippen LogP contribution in [0.15, 0.2) is 36.5 Å². The van der Waals surface area contributed by atoms with Crippen molar-refractivity contribution in [2.75, 3.05) is 12.3 Å². The number of nitrogens with zero attached hydrogens (tertiary/aromatic N) is 1. The highest BCUT2D eigenvalue weighted by Gasteiger charge is 2.14. The molecule has 1 atom stereocenters. The molecular weight excluding hydrogens is 305 g/mol. The lowest BCUT2D eigenvalue weighted by molar-refractivity contribution is 0.521. The van der Waals surface area contributed by atoms with E-state index in [4.69, 9.17) is 28.9 Å². The van der Waals surface area contributed by atoms with E-state index in [1.165, 1.54) is 0 Å². The van der Waals surface area contributed by atoms with Crippen LogP contribution < -0.4 is 11.1 Å². The molecule has 0 bridgehead atoms. The van der Waals surface area contributed by atoms with E-state index in [0.29, 0.717) is 15.9 Å². The third-order valence-corrected chi connectivity index (χ3v) is 4.04. The predicted molar refractivity (Wildman–Crippen MR) is 90.0 cm³/mol. The maximum absolute atomic E-state index is 6.26. The number of nitrogens with two attached hydrogens (primary N) is 1. The molecule has 0 fully saturated rings. The van der Waals surface area contributed by atoms with Gasteiger partial charge in [-0.25, -0.2) is 4.98 Å². The summed E-state index contributed by atoms with van der Waals surface area (Å²) in [7, 11) is 0. The Balaban J connectivity index is 2.16. The molecule has 1 aromatic carbocycles. The minimum Gasteiger partial charge on any atom is -0.384 e. The van der Waals surface area contributed by atoms with Crippen LogP contribution in [0.4, 0.5) is 5.82 Å². The Morgan fingerprint density at radius 1 is 1.19 bits per heavy atom. The van der Waals surface area contributed by atoms with Crippen LogP contribution in [0.5, 0.6) is 0 Å². The summed E-state index contributed by atoms with van der Waals surface area (Å²) in [5.41, 5.74) is 7.87. The maximum atomic E-state index is 6.26. The van der Waals surface area contributed by atoms with Crippen molar-refractivity contribution < 1.29 is 0 Å².